The number of ether oxygens (including phenoxy) is 1. The second-order valence-electron chi connectivity index (χ2n) is 9.64. The molecule has 2 aromatic carbocycles. The number of imidazole rings is 1. The average molecular weight is 557 g/mol. The van der Waals surface area contributed by atoms with E-state index in [2.05, 4.69) is 16.1 Å². The normalized spacial score (nSPS) is 14.1. The predicted molar refractivity (Wildman–Crippen MR) is 152 cm³/mol. The van der Waals surface area contributed by atoms with Crippen LogP contribution in [0.25, 0.3) is 27.8 Å². The highest BCUT2D eigenvalue weighted by atomic mass is 32.2. The minimum atomic E-state index is -3.95. The van der Waals surface area contributed by atoms with E-state index in [4.69, 9.17) is 14.7 Å². The molecule has 0 bridgehead atoms. The molecular weight excluding hydrogens is 528 g/mol. The Morgan fingerprint density at radius 3 is 2.50 bits per heavy atom. The molecule has 1 saturated heterocycles. The van der Waals surface area contributed by atoms with Crippen LogP contribution < -0.4 is 9.62 Å². The van der Waals surface area contributed by atoms with Crippen molar-refractivity contribution in [3.05, 3.63) is 84.3 Å². The number of sulfonamides is 1. The van der Waals surface area contributed by atoms with E-state index in [1.807, 2.05) is 45.6 Å². The molecule has 1 amide bonds. The molecule has 6 rings (SSSR count). The van der Waals surface area contributed by atoms with Gasteiger partial charge in [0, 0.05) is 36.7 Å². The van der Waals surface area contributed by atoms with Gasteiger partial charge in [0.15, 0.2) is 5.65 Å². The first-order chi connectivity index (χ1) is 19.4. The molecule has 204 valence electrons. The number of amides is 1. The number of carbonyl (C=O) groups excluding carboxylic acids is 1. The molecule has 3 aromatic heterocycles. The number of anilines is 1. The van der Waals surface area contributed by atoms with Crippen molar-refractivity contribution in [1.82, 2.24) is 24.3 Å². The number of nitrogens with one attached hydrogen (secondary N) is 1. The van der Waals surface area contributed by atoms with E-state index in [1.165, 1.54) is 19.1 Å². The number of hydrogen-bond acceptors (Lipinski definition) is 8. The zero-order chi connectivity index (χ0) is 27.7. The van der Waals surface area contributed by atoms with Crippen LogP contribution in [0, 0.1) is 0 Å². The smallest absolute Gasteiger partial charge is 0.264 e. The maximum atomic E-state index is 12.5. The Kier molecular flexibility index (Phi) is 6.91. The minimum absolute atomic E-state index is 0.00384. The molecule has 5 aromatic rings. The quantitative estimate of drug-likeness (QED) is 0.324. The molecule has 1 fully saturated rings. The number of hydrogen-bond donors (Lipinski definition) is 1. The van der Waals surface area contributed by atoms with Gasteiger partial charge in [0.25, 0.3) is 10.0 Å². The molecule has 1 aliphatic rings. The fourth-order valence-electron chi connectivity index (χ4n) is 5.03. The Labute approximate surface area is 231 Å². The Bertz CT molecular complexity index is 1810. The average Bonchev–Trinajstić information content (AvgIpc) is 3.34. The van der Waals surface area contributed by atoms with Crippen LogP contribution in [-0.4, -0.2) is 60.2 Å². The molecule has 11 heteroatoms. The summed E-state index contributed by atoms with van der Waals surface area (Å²) in [5.74, 6) is -0.643. The number of pyridine rings is 1. The van der Waals surface area contributed by atoms with Crippen LogP contribution in [0.1, 0.15) is 18.3 Å². The highest BCUT2D eigenvalue weighted by molar-refractivity contribution is 7.90. The van der Waals surface area contributed by atoms with Crippen LogP contribution >= 0.6 is 0 Å². The summed E-state index contributed by atoms with van der Waals surface area (Å²) in [5, 5.41) is 5.74. The Morgan fingerprint density at radius 2 is 1.73 bits per heavy atom. The summed E-state index contributed by atoms with van der Waals surface area (Å²) in [5.41, 5.74) is 6.00. The molecule has 1 aliphatic heterocycles. The molecule has 0 aliphatic carbocycles. The number of benzene rings is 2. The Balaban J connectivity index is 1.41. The van der Waals surface area contributed by atoms with E-state index < -0.39 is 15.9 Å². The molecular formula is C29H28N6O4S. The van der Waals surface area contributed by atoms with Crippen LogP contribution in [0.15, 0.2) is 77.8 Å². The first-order valence-corrected chi connectivity index (χ1v) is 14.6. The summed E-state index contributed by atoms with van der Waals surface area (Å²) in [6, 6.07) is 20.5. The first-order valence-electron chi connectivity index (χ1n) is 13.1. The van der Waals surface area contributed by atoms with Gasteiger partial charge in [-0.25, -0.2) is 22.6 Å². The van der Waals surface area contributed by atoms with Gasteiger partial charge in [-0.2, -0.15) is 5.10 Å². The van der Waals surface area contributed by atoms with E-state index in [9.17, 15) is 13.2 Å². The van der Waals surface area contributed by atoms with Crippen molar-refractivity contribution in [2.75, 3.05) is 31.2 Å². The molecule has 0 atom stereocenters. The van der Waals surface area contributed by atoms with Crippen molar-refractivity contribution >= 4 is 38.2 Å². The molecule has 0 unspecified atom stereocenters. The SMILES string of the molecule is CC(=O)NS(=O)(=O)c1ccc(-c2c(CCc3ccc4ccccc4n3)nc3c(N4CCOCC4)ccnn23)cc1. The summed E-state index contributed by atoms with van der Waals surface area (Å²) >= 11 is 0. The molecule has 1 N–H and O–H groups in total. The highest BCUT2D eigenvalue weighted by Crippen LogP contribution is 2.31. The van der Waals surface area contributed by atoms with Crippen molar-refractivity contribution in [2.24, 2.45) is 0 Å². The fourth-order valence-corrected chi connectivity index (χ4v) is 6.02. The fraction of sp³-hybridized carbons (Fsp3) is 0.241. The van der Waals surface area contributed by atoms with Crippen LogP contribution in [0.4, 0.5) is 5.69 Å². The number of carbonyl (C=O) groups is 1. The largest absolute Gasteiger partial charge is 0.378 e. The number of fused-ring (bicyclic) bond motifs is 2. The number of aryl methyl sites for hydroxylation is 2. The summed E-state index contributed by atoms with van der Waals surface area (Å²) < 4.78 is 34.4. The van der Waals surface area contributed by atoms with Crippen molar-refractivity contribution in [2.45, 2.75) is 24.7 Å². The van der Waals surface area contributed by atoms with Crippen molar-refractivity contribution in [3.8, 4) is 11.3 Å². The van der Waals surface area contributed by atoms with E-state index >= 15 is 0 Å². The van der Waals surface area contributed by atoms with Gasteiger partial charge in [0.1, 0.15) is 0 Å². The summed E-state index contributed by atoms with van der Waals surface area (Å²) in [4.78, 5) is 23.5. The zero-order valence-electron chi connectivity index (χ0n) is 21.9. The lowest BCUT2D eigenvalue weighted by atomic mass is 10.1. The van der Waals surface area contributed by atoms with Crippen molar-refractivity contribution in [1.29, 1.82) is 0 Å². The number of rotatable bonds is 7. The maximum absolute atomic E-state index is 12.5. The van der Waals surface area contributed by atoms with Gasteiger partial charge >= 0.3 is 0 Å². The Hall–Kier alpha value is -4.35. The monoisotopic (exact) mass is 556 g/mol. The summed E-state index contributed by atoms with van der Waals surface area (Å²) in [7, 11) is -3.95. The molecule has 10 nitrogen and oxygen atoms in total. The number of aromatic nitrogens is 4. The first kappa shape index (κ1) is 25.9. The maximum Gasteiger partial charge on any atom is 0.264 e. The van der Waals surface area contributed by atoms with Gasteiger partial charge in [-0.05, 0) is 43.2 Å². The third-order valence-electron chi connectivity index (χ3n) is 6.91. The van der Waals surface area contributed by atoms with Gasteiger partial charge in [0.2, 0.25) is 5.91 Å². The minimum Gasteiger partial charge on any atom is -0.378 e. The lowest BCUT2D eigenvalue weighted by Crippen LogP contribution is -2.36. The lowest BCUT2D eigenvalue weighted by Gasteiger charge is -2.28. The molecule has 0 radical (unpaired) electrons. The molecule has 0 spiro atoms. The summed E-state index contributed by atoms with van der Waals surface area (Å²) in [6.45, 7) is 3.97. The van der Waals surface area contributed by atoms with Crippen LogP contribution in [0.5, 0.6) is 0 Å². The van der Waals surface area contributed by atoms with Crippen LogP contribution in [0.3, 0.4) is 0 Å². The second-order valence-corrected chi connectivity index (χ2v) is 11.3. The highest BCUT2D eigenvalue weighted by Gasteiger charge is 2.22. The third-order valence-corrected chi connectivity index (χ3v) is 8.36. The molecule has 4 heterocycles. The second kappa shape index (κ2) is 10.7. The van der Waals surface area contributed by atoms with Gasteiger partial charge in [-0.15, -0.1) is 0 Å². The molecule has 0 saturated carbocycles. The number of morpholine rings is 1. The van der Waals surface area contributed by atoms with Gasteiger partial charge in [-0.1, -0.05) is 36.4 Å². The topological polar surface area (TPSA) is 119 Å². The van der Waals surface area contributed by atoms with Gasteiger partial charge in [-0.3, -0.25) is 9.78 Å². The Morgan fingerprint density at radius 1 is 0.950 bits per heavy atom. The van der Waals surface area contributed by atoms with E-state index in [0.717, 1.165) is 58.0 Å². The van der Waals surface area contributed by atoms with E-state index in [-0.39, 0.29) is 4.90 Å². The standard InChI is InChI=1S/C29H28N6O4S/c1-20(36)33-40(37,38)24-11-7-22(8-12-24)28-26(13-10-23-9-6-21-4-2-3-5-25(21)31-23)32-29-27(14-15-30-35(28)29)34-16-18-39-19-17-34/h2-9,11-12,14-15H,10,13,16-19H2,1H3,(H,33,36). The van der Waals surface area contributed by atoms with Crippen molar-refractivity contribution in [3.63, 3.8) is 0 Å². The van der Waals surface area contributed by atoms with Gasteiger partial charge < -0.3 is 9.64 Å². The lowest BCUT2D eigenvalue weighted by molar-refractivity contribution is -0.117. The van der Waals surface area contributed by atoms with E-state index in [0.29, 0.717) is 26.1 Å². The zero-order valence-corrected chi connectivity index (χ0v) is 22.8. The number of para-hydroxylation sites is 1. The van der Waals surface area contributed by atoms with Crippen LogP contribution in [-0.2, 0) is 32.4 Å². The third kappa shape index (κ3) is 5.13. The predicted octanol–water partition coefficient (Wildman–Crippen LogP) is 3.39. The van der Waals surface area contributed by atoms with E-state index in [1.54, 1.807) is 18.3 Å². The van der Waals surface area contributed by atoms with Crippen LogP contribution in [0.2, 0.25) is 0 Å². The van der Waals surface area contributed by atoms with Crippen molar-refractivity contribution < 1.29 is 17.9 Å². The molecule has 40 heavy (non-hydrogen) atoms. The van der Waals surface area contributed by atoms with Gasteiger partial charge in [0.05, 0.1) is 46.9 Å². The summed E-state index contributed by atoms with van der Waals surface area (Å²) in [6.07, 6.45) is 3.04. The number of nitrogens with zero attached hydrogens (tertiary/aromatic N) is 5.